The van der Waals surface area contributed by atoms with Gasteiger partial charge in [0.15, 0.2) is 0 Å². The fourth-order valence-corrected chi connectivity index (χ4v) is 3.76. The molecule has 1 saturated heterocycles. The van der Waals surface area contributed by atoms with Crippen LogP contribution in [0, 0.1) is 0 Å². The van der Waals surface area contributed by atoms with Crippen LogP contribution >= 0.6 is 0 Å². The molecular weight excluding hydrogens is 362 g/mol. The van der Waals surface area contributed by atoms with E-state index in [1.807, 2.05) is 0 Å². The minimum Gasteiger partial charge on any atom is -0.480 e. The van der Waals surface area contributed by atoms with Gasteiger partial charge in [0, 0.05) is 18.7 Å². The van der Waals surface area contributed by atoms with E-state index in [4.69, 9.17) is 0 Å². The summed E-state index contributed by atoms with van der Waals surface area (Å²) >= 11 is 0. The van der Waals surface area contributed by atoms with Gasteiger partial charge in [-0.15, -0.1) is 0 Å². The Labute approximate surface area is 151 Å². The summed E-state index contributed by atoms with van der Waals surface area (Å²) in [6, 6.07) is 5.15. The number of nitrogens with one attached hydrogen (secondary N) is 2. The van der Waals surface area contributed by atoms with Crippen LogP contribution in [0.1, 0.15) is 30.6 Å². The maximum atomic E-state index is 12.5. The van der Waals surface area contributed by atoms with Gasteiger partial charge in [0.2, 0.25) is 15.9 Å². The number of rotatable bonds is 6. The normalized spacial score (nSPS) is 17.8. The second-order valence-corrected chi connectivity index (χ2v) is 8.10. The molecule has 1 aromatic rings. The fraction of sp³-hybridized carbons (Fsp3) is 0.438. The first-order valence-electron chi connectivity index (χ1n) is 8.03. The van der Waals surface area contributed by atoms with Crippen molar-refractivity contribution in [2.45, 2.75) is 30.7 Å². The Balaban J connectivity index is 2.18. The predicted octanol–water partition coefficient (Wildman–Crippen LogP) is -0.210. The molecule has 1 heterocycles. The van der Waals surface area contributed by atoms with E-state index in [2.05, 4.69) is 10.6 Å². The fourth-order valence-electron chi connectivity index (χ4n) is 2.36. The van der Waals surface area contributed by atoms with Gasteiger partial charge in [0.25, 0.3) is 5.91 Å². The molecule has 1 aromatic carbocycles. The number of aliphatic carboxylic acids is 1. The summed E-state index contributed by atoms with van der Waals surface area (Å²) in [5.74, 6) is -2.14. The van der Waals surface area contributed by atoms with Crippen LogP contribution in [0.15, 0.2) is 29.2 Å². The highest BCUT2D eigenvalue weighted by molar-refractivity contribution is 7.89. The Bertz CT molecular complexity index is 821. The number of hydrogen-bond acceptors (Lipinski definition) is 5. The van der Waals surface area contributed by atoms with E-state index >= 15 is 0 Å². The first-order chi connectivity index (χ1) is 12.1. The molecule has 0 bridgehead atoms. The zero-order valence-corrected chi connectivity index (χ0v) is 15.3. The van der Waals surface area contributed by atoms with Crippen LogP contribution in [0.25, 0.3) is 0 Å². The van der Waals surface area contributed by atoms with Crippen molar-refractivity contribution in [1.29, 1.82) is 0 Å². The van der Waals surface area contributed by atoms with Gasteiger partial charge in [0.05, 0.1) is 11.4 Å². The van der Waals surface area contributed by atoms with Crippen molar-refractivity contribution in [1.82, 2.24) is 14.9 Å². The third-order valence-corrected chi connectivity index (χ3v) is 6.19. The number of carbonyl (C=O) groups excluding carboxylic acids is 2. The van der Waals surface area contributed by atoms with Crippen molar-refractivity contribution in [3.63, 3.8) is 0 Å². The zero-order chi connectivity index (χ0) is 19.5. The molecule has 1 fully saturated rings. The maximum Gasteiger partial charge on any atom is 0.329 e. The highest BCUT2D eigenvalue weighted by atomic mass is 32.2. The van der Waals surface area contributed by atoms with E-state index in [1.165, 1.54) is 31.2 Å². The summed E-state index contributed by atoms with van der Waals surface area (Å²) < 4.78 is 26.2. The summed E-state index contributed by atoms with van der Waals surface area (Å²) in [6.45, 7) is 3.19. The molecule has 2 amide bonds. The van der Waals surface area contributed by atoms with Gasteiger partial charge in [0.1, 0.15) is 5.54 Å². The maximum absolute atomic E-state index is 12.5. The van der Waals surface area contributed by atoms with Crippen LogP contribution in [0.5, 0.6) is 0 Å². The average molecular weight is 383 g/mol. The largest absolute Gasteiger partial charge is 0.480 e. The molecule has 0 aliphatic carbocycles. The van der Waals surface area contributed by atoms with E-state index in [9.17, 15) is 27.9 Å². The Morgan fingerprint density at radius 1 is 1.31 bits per heavy atom. The van der Waals surface area contributed by atoms with Gasteiger partial charge in [-0.25, -0.2) is 13.2 Å². The minimum atomic E-state index is -3.84. The number of carbonyl (C=O) groups is 3. The van der Waals surface area contributed by atoms with Crippen molar-refractivity contribution < 1.29 is 27.9 Å². The van der Waals surface area contributed by atoms with Gasteiger partial charge in [-0.05, 0) is 37.6 Å². The lowest BCUT2D eigenvalue weighted by atomic mass is 9.98. The molecular formula is C16H21N3O6S. The summed E-state index contributed by atoms with van der Waals surface area (Å²) in [5.41, 5.74) is -1.27. The molecule has 1 unspecified atom stereocenters. The van der Waals surface area contributed by atoms with E-state index in [0.717, 1.165) is 4.31 Å². The zero-order valence-electron chi connectivity index (χ0n) is 14.5. The molecule has 1 aliphatic rings. The van der Waals surface area contributed by atoms with Crippen molar-refractivity contribution >= 4 is 27.8 Å². The first-order valence-corrected chi connectivity index (χ1v) is 9.47. The van der Waals surface area contributed by atoms with Crippen molar-refractivity contribution in [3.8, 4) is 0 Å². The van der Waals surface area contributed by atoms with Crippen molar-refractivity contribution in [2.24, 2.45) is 0 Å². The van der Waals surface area contributed by atoms with E-state index < -0.39 is 27.4 Å². The molecule has 26 heavy (non-hydrogen) atoms. The molecule has 3 N–H and O–H groups in total. The minimum absolute atomic E-state index is 0.0414. The number of hydrogen-bond donors (Lipinski definition) is 3. The Morgan fingerprint density at radius 2 is 1.92 bits per heavy atom. The molecule has 0 spiro atoms. The van der Waals surface area contributed by atoms with Crippen LogP contribution in [-0.2, 0) is 19.6 Å². The Morgan fingerprint density at radius 3 is 2.42 bits per heavy atom. The van der Waals surface area contributed by atoms with Crippen LogP contribution < -0.4 is 10.6 Å². The van der Waals surface area contributed by atoms with Gasteiger partial charge in [-0.3, -0.25) is 9.59 Å². The lowest BCUT2D eigenvalue weighted by Gasteiger charge is -2.26. The number of amides is 2. The molecule has 10 heteroatoms. The lowest BCUT2D eigenvalue weighted by molar-refractivity contribution is -0.143. The summed E-state index contributed by atoms with van der Waals surface area (Å²) in [7, 11) is -3.84. The van der Waals surface area contributed by atoms with Crippen molar-refractivity contribution in [2.75, 3.05) is 19.6 Å². The molecule has 142 valence electrons. The second-order valence-electron chi connectivity index (χ2n) is 6.16. The molecule has 2 rings (SSSR count). The van der Waals surface area contributed by atoms with E-state index in [1.54, 1.807) is 6.92 Å². The molecule has 9 nitrogen and oxygen atoms in total. The summed E-state index contributed by atoms with van der Waals surface area (Å²) in [6.07, 6.45) is 0.192. The molecule has 1 aliphatic heterocycles. The second kappa shape index (κ2) is 7.42. The van der Waals surface area contributed by atoms with Gasteiger partial charge < -0.3 is 15.7 Å². The molecule has 0 aromatic heterocycles. The third kappa shape index (κ3) is 4.02. The predicted molar refractivity (Wildman–Crippen MR) is 92.0 cm³/mol. The number of nitrogens with zero attached hydrogens (tertiary/aromatic N) is 1. The van der Waals surface area contributed by atoms with Crippen molar-refractivity contribution in [3.05, 3.63) is 29.8 Å². The standard InChI is InChI=1S/C16H21N3O6S/c1-3-16(2,15(22)23)18-14(21)11-4-6-12(7-5-11)26(24,25)19-9-8-17-13(20)10-19/h4-7H,3,8-10H2,1-2H3,(H,17,20)(H,18,21)(H,22,23). The van der Waals surface area contributed by atoms with Gasteiger partial charge in [-0.2, -0.15) is 4.31 Å². The quantitative estimate of drug-likeness (QED) is 0.623. The number of sulfonamides is 1. The monoisotopic (exact) mass is 383 g/mol. The highest BCUT2D eigenvalue weighted by Gasteiger charge is 2.33. The lowest BCUT2D eigenvalue weighted by Crippen LogP contribution is -2.51. The number of benzene rings is 1. The average Bonchev–Trinajstić information content (AvgIpc) is 2.61. The Hall–Kier alpha value is -2.46. The van der Waals surface area contributed by atoms with Gasteiger partial charge in [-0.1, -0.05) is 6.92 Å². The van der Waals surface area contributed by atoms with E-state index in [0.29, 0.717) is 0 Å². The number of piperazine rings is 1. The highest BCUT2D eigenvalue weighted by Crippen LogP contribution is 2.18. The first kappa shape index (κ1) is 19.9. The van der Waals surface area contributed by atoms with Crippen LogP contribution in [0.2, 0.25) is 0 Å². The molecule has 0 saturated carbocycles. The van der Waals surface area contributed by atoms with Crippen LogP contribution in [-0.4, -0.2) is 60.8 Å². The Kier molecular flexibility index (Phi) is 5.67. The topological polar surface area (TPSA) is 133 Å². The third-order valence-electron chi connectivity index (χ3n) is 4.33. The smallest absolute Gasteiger partial charge is 0.329 e. The number of carboxylic acids is 1. The summed E-state index contributed by atoms with van der Waals surface area (Å²) in [5, 5.41) is 14.2. The SMILES string of the molecule is CCC(C)(NC(=O)c1ccc(S(=O)(=O)N2CCNC(=O)C2)cc1)C(=O)O. The van der Waals surface area contributed by atoms with Crippen LogP contribution in [0.3, 0.4) is 0 Å². The van der Waals surface area contributed by atoms with E-state index in [-0.39, 0.29) is 42.4 Å². The number of carboxylic acid groups (broad SMARTS) is 1. The van der Waals surface area contributed by atoms with Crippen LogP contribution in [0.4, 0.5) is 0 Å². The molecule has 1 atom stereocenters. The van der Waals surface area contributed by atoms with Gasteiger partial charge >= 0.3 is 5.97 Å². The summed E-state index contributed by atoms with van der Waals surface area (Å²) in [4.78, 5) is 34.9. The molecule has 0 radical (unpaired) electrons.